The molecule has 10 atom stereocenters. The summed E-state index contributed by atoms with van der Waals surface area (Å²) in [6.45, 7) is 20.4. The van der Waals surface area contributed by atoms with E-state index in [9.17, 15) is 29.9 Å². The molecule has 0 bridgehead atoms. The number of alkyl halides is 1. The number of halogens is 6. The summed E-state index contributed by atoms with van der Waals surface area (Å²) < 4.78 is 24.8. The number of nitrogens with zero attached hydrogens (tertiary/aromatic N) is 15. The number of rotatable bonds is 25. The largest absolute Gasteiger partial charge is 0.386 e. The quantitative estimate of drug-likeness (QED) is 0.0355. The van der Waals surface area contributed by atoms with Gasteiger partial charge in [-0.15, -0.1) is 0 Å². The van der Waals surface area contributed by atoms with Crippen molar-refractivity contribution < 1.29 is 39.4 Å². The lowest BCUT2D eigenvalue weighted by Crippen LogP contribution is -2.42. The highest BCUT2D eigenvalue weighted by Crippen LogP contribution is 2.47. The summed E-state index contributed by atoms with van der Waals surface area (Å²) in [6.07, 6.45) is 17.1. The summed E-state index contributed by atoms with van der Waals surface area (Å²) in [5, 5.41) is 79.4. The Labute approximate surface area is 884 Å². The minimum Gasteiger partial charge on any atom is -0.386 e. The van der Waals surface area contributed by atoms with Crippen molar-refractivity contribution in [3.8, 4) is 68.4 Å². The van der Waals surface area contributed by atoms with Crippen LogP contribution in [0, 0.1) is 57.3 Å². The van der Waals surface area contributed by atoms with E-state index in [1.54, 1.807) is 67.9 Å². The number of aromatic nitrogens is 8. The second-order valence-electron chi connectivity index (χ2n) is 37.7. The summed E-state index contributed by atoms with van der Waals surface area (Å²) in [7, 11) is 0. The molecule has 0 spiro atoms. The summed E-state index contributed by atoms with van der Waals surface area (Å²) in [5.74, 6) is 0. The van der Waals surface area contributed by atoms with Gasteiger partial charge in [0.25, 0.3) is 0 Å². The second kappa shape index (κ2) is 52.0. The van der Waals surface area contributed by atoms with Crippen molar-refractivity contribution in [1.82, 2.24) is 64.4 Å². The highest BCUT2D eigenvalue weighted by molar-refractivity contribution is 6.32. The minimum atomic E-state index is -0.853. The molecule has 147 heavy (non-hydrogen) atoms. The van der Waals surface area contributed by atoms with Crippen molar-refractivity contribution in [3.05, 3.63) is 424 Å². The van der Waals surface area contributed by atoms with Crippen LogP contribution in [-0.2, 0) is 9.47 Å². The van der Waals surface area contributed by atoms with E-state index in [1.807, 2.05) is 271 Å². The summed E-state index contributed by atoms with van der Waals surface area (Å²) in [6, 6.07) is 79.6. The maximum absolute atomic E-state index is 13.8. The van der Waals surface area contributed by atoms with Crippen molar-refractivity contribution in [3.63, 3.8) is 0 Å². The standard InChI is InChI=1S/C25H24ClN3O2.C25H24ClN3O.C24H25ClFN3O.C23H24ClN3O2.C22H22ClN3O/c1-17-13-20(15-21(26)14-17)23-22(3-2-8-28-23)25(30)24(29-9-11-31-12-10-29)19-6-4-18(16-27)5-7-19;1-17-13-20(15-21(26)14-17)23-22(5-4-10-28-23)25(30)24(29-11-2-3-12-29)19-8-6-18(16-27)7-9-19;1-16-12-18(14-19(25)13-16)22-21(5-3-9-28-22)24(30)23(17-4-2-8-27-15-17)29-10-6-20(26)7-11-29;1-16-13-17(15-18(24)14-16)21-19(5-4-8-26-21)23(28)22(20-6-2-3-7-25-20)27-9-11-29-12-10-27;1-15-11-17(13-18(23)12-15)20-19(6-3-8-25-20)22(27)21(26-9-4-10-26)16-5-2-7-24-14-16/h2-8,13-15,24-25,30H,9-12H2,1H3;4-10,13-15,24-25,30H,2-3,11-12H2,1H3;2-5,8-9,12-15,20,23-24,30H,6-7,10-11H2,1H3;2-8,13-15,22-23,28H,9-12H2,1H3;2-3,5-8,11-14,21-22,27H,4,9-10H2,1H3/t2*24-,25+;23-,24+;22-,23+;21-,22+/m00000/s1. The number of hydrogen-bond acceptors (Lipinski definition) is 22. The third kappa shape index (κ3) is 27.6. The fourth-order valence-electron chi connectivity index (χ4n) is 20.3. The van der Waals surface area contributed by atoms with Crippen LogP contribution in [0.15, 0.2) is 305 Å². The zero-order chi connectivity index (χ0) is 103. The van der Waals surface area contributed by atoms with Gasteiger partial charge in [-0.3, -0.25) is 64.4 Å². The molecular formula is C119H119Cl5FN15O7. The average molecular weight is 2070 g/mol. The van der Waals surface area contributed by atoms with E-state index in [4.69, 9.17) is 78.0 Å². The minimum absolute atomic E-state index is 0.143. The molecule has 0 unspecified atom stereocenters. The second-order valence-corrected chi connectivity index (χ2v) is 39.9. The number of nitriles is 2. The number of ether oxygens (including phenoxy) is 2. The molecule has 5 saturated heterocycles. The Morgan fingerprint density at radius 2 is 0.571 bits per heavy atom. The molecule has 754 valence electrons. The third-order valence-electron chi connectivity index (χ3n) is 27.2. The average Bonchev–Trinajstić information content (AvgIpc) is 1.73. The smallest absolute Gasteiger partial charge is 0.103 e. The van der Waals surface area contributed by atoms with E-state index in [-0.39, 0.29) is 30.2 Å². The lowest BCUT2D eigenvalue weighted by molar-refractivity contribution is -0.0251. The van der Waals surface area contributed by atoms with Crippen molar-refractivity contribution in [2.75, 3.05) is 91.9 Å². The molecule has 7 aromatic carbocycles. The number of benzene rings is 7. The Morgan fingerprint density at radius 3 is 0.844 bits per heavy atom. The highest BCUT2D eigenvalue weighted by Gasteiger charge is 2.40. The van der Waals surface area contributed by atoms with Gasteiger partial charge in [0.05, 0.1) is 114 Å². The van der Waals surface area contributed by atoms with E-state index in [0.29, 0.717) is 113 Å². The fraction of sp³-hybridized carbons (Fsp3) is 0.294. The summed E-state index contributed by atoms with van der Waals surface area (Å²) in [4.78, 5) is 47.2. The van der Waals surface area contributed by atoms with Crippen LogP contribution in [0.2, 0.25) is 25.1 Å². The first-order valence-electron chi connectivity index (χ1n) is 49.7. The van der Waals surface area contributed by atoms with Gasteiger partial charge in [0.2, 0.25) is 0 Å². The van der Waals surface area contributed by atoms with Gasteiger partial charge in [0, 0.05) is 195 Å². The number of likely N-dealkylation sites (tertiary alicyclic amines) is 3. The maximum Gasteiger partial charge on any atom is 0.103 e. The number of hydrogen-bond donors (Lipinski definition) is 5. The van der Waals surface area contributed by atoms with Crippen molar-refractivity contribution in [2.45, 2.75) is 134 Å². The number of aryl methyl sites for hydroxylation is 5. The molecule has 0 saturated carbocycles. The Bertz CT molecular complexity index is 6860. The van der Waals surface area contributed by atoms with Gasteiger partial charge in [-0.1, -0.05) is 131 Å². The van der Waals surface area contributed by atoms with Crippen LogP contribution in [0.4, 0.5) is 4.39 Å². The van der Waals surface area contributed by atoms with Gasteiger partial charge in [0.15, 0.2) is 0 Å². The van der Waals surface area contributed by atoms with Crippen LogP contribution < -0.4 is 0 Å². The zero-order valence-corrected chi connectivity index (χ0v) is 86.5. The van der Waals surface area contributed by atoms with Crippen molar-refractivity contribution in [2.24, 2.45) is 0 Å². The molecule has 28 heteroatoms. The van der Waals surface area contributed by atoms with Crippen LogP contribution in [-0.4, -0.2) is 188 Å². The summed E-state index contributed by atoms with van der Waals surface area (Å²) >= 11 is 31.4. The maximum atomic E-state index is 13.8. The van der Waals surface area contributed by atoms with E-state index < -0.39 is 36.7 Å². The SMILES string of the molecule is Cc1cc(Cl)cc(-c2ncccc2[C@@H](O)[C@H](c2ccc(C#N)cc2)N2CCCC2)c1.Cc1cc(Cl)cc(-c2ncccc2[C@@H](O)[C@H](c2ccc(C#N)cc2)N2CCOCC2)c1.Cc1cc(Cl)cc(-c2ncccc2[C@@H](O)[C@H](c2ccccn2)N2CCOCC2)c1.Cc1cc(Cl)cc(-c2ncccc2[C@@H](O)[C@H](c2cccnc2)N2CCC(F)CC2)c1.Cc1cc(Cl)cc(-c2ncccc2[C@@H](O)[C@H](c2cccnc2)N2CCC2)c1. The van der Waals surface area contributed by atoms with Crippen LogP contribution in [0.3, 0.4) is 0 Å². The molecule has 5 fully saturated rings. The van der Waals surface area contributed by atoms with Gasteiger partial charge in [-0.25, -0.2) is 4.39 Å². The Morgan fingerprint density at radius 1 is 0.299 bits per heavy atom. The number of aliphatic hydroxyl groups is 5. The fourth-order valence-corrected chi connectivity index (χ4v) is 21.7. The van der Waals surface area contributed by atoms with E-state index in [2.05, 4.69) is 76.5 Å². The monoisotopic (exact) mass is 2060 g/mol. The lowest BCUT2D eigenvalue weighted by atomic mass is 9.90. The highest BCUT2D eigenvalue weighted by atomic mass is 35.5. The molecule has 13 heterocycles. The van der Waals surface area contributed by atoms with Crippen LogP contribution in [0.25, 0.3) is 56.3 Å². The molecule has 0 amide bonds. The Balaban J connectivity index is 0.000000131. The molecule has 5 aliphatic heterocycles. The molecule has 5 N–H and O–H groups in total. The van der Waals surface area contributed by atoms with Crippen molar-refractivity contribution >= 4 is 58.0 Å². The molecule has 20 rings (SSSR count). The molecule has 0 aliphatic carbocycles. The first-order chi connectivity index (χ1) is 71.4. The number of piperidine rings is 1. The normalized spacial score (nSPS) is 16.8. The van der Waals surface area contributed by atoms with E-state index in [0.717, 1.165) is 187 Å². The van der Waals surface area contributed by atoms with Crippen LogP contribution in [0.5, 0.6) is 0 Å². The number of aliphatic hydroxyl groups excluding tert-OH is 5. The number of morpholine rings is 2. The van der Waals surface area contributed by atoms with Gasteiger partial charge in [-0.05, 0) is 300 Å². The first-order valence-corrected chi connectivity index (χ1v) is 51.5. The van der Waals surface area contributed by atoms with Crippen LogP contribution >= 0.6 is 58.0 Å². The third-order valence-corrected chi connectivity index (χ3v) is 28.3. The van der Waals surface area contributed by atoms with Gasteiger partial charge in [-0.2, -0.15) is 10.5 Å². The first kappa shape index (κ1) is 107. The predicted molar refractivity (Wildman–Crippen MR) is 578 cm³/mol. The van der Waals surface area contributed by atoms with Gasteiger partial charge < -0.3 is 35.0 Å². The predicted octanol–water partition coefficient (Wildman–Crippen LogP) is 24.3. The lowest BCUT2D eigenvalue weighted by Gasteiger charge is -2.41. The molecule has 8 aromatic heterocycles. The van der Waals surface area contributed by atoms with E-state index >= 15 is 0 Å². The number of pyridine rings is 8. The van der Waals surface area contributed by atoms with Crippen LogP contribution in [0.1, 0.15) is 188 Å². The Hall–Kier alpha value is -12.4. The van der Waals surface area contributed by atoms with Gasteiger partial charge >= 0.3 is 0 Å². The topological polar surface area (TPSA) is 287 Å². The molecular weight excluding hydrogens is 1950 g/mol. The summed E-state index contributed by atoms with van der Waals surface area (Å²) in [5.41, 5.74) is 23.0. The van der Waals surface area contributed by atoms with Crippen molar-refractivity contribution in [1.29, 1.82) is 10.5 Å². The molecule has 22 nitrogen and oxygen atoms in total. The molecule has 5 aliphatic rings. The van der Waals surface area contributed by atoms with E-state index in [1.165, 1.54) is 0 Å². The molecule has 15 aromatic rings. The Kier molecular flexibility index (Phi) is 38.0. The zero-order valence-electron chi connectivity index (χ0n) is 82.7. The van der Waals surface area contributed by atoms with Gasteiger partial charge in [0.1, 0.15) is 36.7 Å². The molecule has 0 radical (unpaired) electrons.